The van der Waals surface area contributed by atoms with E-state index < -0.39 is 5.79 Å². The highest BCUT2D eigenvalue weighted by Crippen LogP contribution is 2.79. The van der Waals surface area contributed by atoms with Crippen LogP contribution in [0.2, 0.25) is 0 Å². The third-order valence-corrected chi connectivity index (χ3v) is 7.17. The van der Waals surface area contributed by atoms with Gasteiger partial charge in [-0.05, 0) is 56.8 Å². The molecular formula is C15H22O2. The van der Waals surface area contributed by atoms with E-state index in [1.54, 1.807) is 0 Å². The fourth-order valence-electron chi connectivity index (χ4n) is 6.76. The molecule has 4 aliphatic carbocycles. The summed E-state index contributed by atoms with van der Waals surface area (Å²) in [7, 11) is 0. The van der Waals surface area contributed by atoms with Crippen molar-refractivity contribution in [3.63, 3.8) is 0 Å². The Morgan fingerprint density at radius 3 is 2.53 bits per heavy atom. The Labute approximate surface area is 103 Å². The van der Waals surface area contributed by atoms with Crippen molar-refractivity contribution in [1.82, 2.24) is 0 Å². The maximum atomic E-state index is 11.1. The van der Waals surface area contributed by atoms with E-state index in [9.17, 15) is 5.11 Å². The molecule has 0 unspecified atom stereocenters. The van der Waals surface area contributed by atoms with E-state index >= 15 is 0 Å². The summed E-state index contributed by atoms with van der Waals surface area (Å²) in [6.45, 7) is 2.30. The lowest BCUT2D eigenvalue weighted by molar-refractivity contribution is -0.278. The summed E-state index contributed by atoms with van der Waals surface area (Å²) in [5, 5.41) is 11.1. The zero-order valence-electron chi connectivity index (χ0n) is 10.6. The van der Waals surface area contributed by atoms with Crippen molar-refractivity contribution in [3.8, 4) is 0 Å². The van der Waals surface area contributed by atoms with Crippen LogP contribution in [-0.2, 0) is 4.74 Å². The summed E-state index contributed by atoms with van der Waals surface area (Å²) >= 11 is 0. The van der Waals surface area contributed by atoms with Gasteiger partial charge in [0.15, 0.2) is 5.79 Å². The summed E-state index contributed by atoms with van der Waals surface area (Å²) < 4.78 is 6.35. The fourth-order valence-corrected chi connectivity index (χ4v) is 6.76. The van der Waals surface area contributed by atoms with E-state index in [0.29, 0.717) is 23.2 Å². The third-order valence-electron chi connectivity index (χ3n) is 7.17. The topological polar surface area (TPSA) is 29.5 Å². The van der Waals surface area contributed by atoms with Gasteiger partial charge in [-0.25, -0.2) is 0 Å². The molecule has 0 aromatic carbocycles. The summed E-state index contributed by atoms with van der Waals surface area (Å²) in [5.41, 5.74) is 0.608. The molecule has 2 heteroatoms. The van der Waals surface area contributed by atoms with Crippen molar-refractivity contribution in [2.45, 2.75) is 63.3 Å². The Morgan fingerprint density at radius 2 is 1.76 bits per heavy atom. The van der Waals surface area contributed by atoms with Crippen LogP contribution in [0.3, 0.4) is 0 Å². The quantitative estimate of drug-likeness (QED) is 0.698. The molecule has 1 heterocycles. The number of fused-ring (bicyclic) bond motifs is 1. The molecule has 6 atom stereocenters. The van der Waals surface area contributed by atoms with Gasteiger partial charge in [-0.2, -0.15) is 0 Å². The largest absolute Gasteiger partial charge is 0.365 e. The molecule has 5 aliphatic rings. The highest BCUT2D eigenvalue weighted by Gasteiger charge is 2.80. The second-order valence-corrected chi connectivity index (χ2v) is 7.67. The molecule has 94 valence electrons. The van der Waals surface area contributed by atoms with E-state index in [4.69, 9.17) is 4.74 Å². The van der Waals surface area contributed by atoms with Crippen molar-refractivity contribution in [2.24, 2.45) is 29.1 Å². The average molecular weight is 234 g/mol. The molecule has 1 N–H and O–H groups in total. The molecule has 0 amide bonds. The van der Waals surface area contributed by atoms with Crippen molar-refractivity contribution in [1.29, 1.82) is 0 Å². The Bertz CT molecular complexity index is 392. The van der Waals surface area contributed by atoms with Crippen LogP contribution in [0, 0.1) is 29.1 Å². The van der Waals surface area contributed by atoms with Crippen LogP contribution in [-0.4, -0.2) is 16.5 Å². The second-order valence-electron chi connectivity index (χ2n) is 7.67. The molecule has 5 rings (SSSR count). The van der Waals surface area contributed by atoms with Gasteiger partial charge < -0.3 is 9.84 Å². The molecule has 0 aromatic rings. The van der Waals surface area contributed by atoms with Gasteiger partial charge in [0.2, 0.25) is 0 Å². The van der Waals surface area contributed by atoms with E-state index in [0.717, 1.165) is 5.92 Å². The molecule has 1 spiro atoms. The second kappa shape index (κ2) is 2.46. The molecule has 0 aromatic heterocycles. The molecule has 5 bridgehead atoms. The number of hydrogen-bond donors (Lipinski definition) is 1. The van der Waals surface area contributed by atoms with Gasteiger partial charge in [0.1, 0.15) is 0 Å². The number of aliphatic hydroxyl groups is 1. The number of hydrogen-bond acceptors (Lipinski definition) is 2. The lowest BCUT2D eigenvalue weighted by Crippen LogP contribution is -2.58. The first-order chi connectivity index (χ1) is 8.10. The Morgan fingerprint density at radius 1 is 1.00 bits per heavy atom. The van der Waals surface area contributed by atoms with Gasteiger partial charge in [-0.1, -0.05) is 6.42 Å². The SMILES string of the molecule is C[C@]12CC[C@H]3[C@@H]4CCC[C@H]([C@@H]1C31CC1)[C@]4(O)O2. The van der Waals surface area contributed by atoms with Crippen molar-refractivity contribution in [3.05, 3.63) is 0 Å². The average Bonchev–Trinajstić information content (AvgIpc) is 2.98. The van der Waals surface area contributed by atoms with E-state index in [1.807, 2.05) is 0 Å². The monoisotopic (exact) mass is 234 g/mol. The van der Waals surface area contributed by atoms with Crippen molar-refractivity contribution in [2.75, 3.05) is 0 Å². The Kier molecular flexibility index (Phi) is 1.42. The summed E-state index contributed by atoms with van der Waals surface area (Å²) in [4.78, 5) is 0. The van der Waals surface area contributed by atoms with Gasteiger partial charge in [0.25, 0.3) is 0 Å². The van der Waals surface area contributed by atoms with Gasteiger partial charge >= 0.3 is 0 Å². The summed E-state index contributed by atoms with van der Waals surface area (Å²) in [6, 6.07) is 0. The van der Waals surface area contributed by atoms with Crippen LogP contribution in [0.25, 0.3) is 0 Å². The Hall–Kier alpha value is -0.0800. The third kappa shape index (κ3) is 0.831. The van der Waals surface area contributed by atoms with Gasteiger partial charge in [-0.15, -0.1) is 0 Å². The maximum Gasteiger partial charge on any atom is 0.172 e. The molecule has 4 saturated carbocycles. The first kappa shape index (κ1) is 9.80. The molecule has 1 saturated heterocycles. The zero-order valence-corrected chi connectivity index (χ0v) is 10.6. The predicted molar refractivity (Wildman–Crippen MR) is 63.2 cm³/mol. The first-order valence-corrected chi connectivity index (χ1v) is 7.53. The lowest BCUT2D eigenvalue weighted by Gasteiger charge is -2.56. The zero-order chi connectivity index (χ0) is 11.5. The minimum atomic E-state index is -0.729. The van der Waals surface area contributed by atoms with Crippen molar-refractivity contribution < 1.29 is 9.84 Å². The van der Waals surface area contributed by atoms with Gasteiger partial charge in [-0.3, -0.25) is 0 Å². The molecule has 0 radical (unpaired) electrons. The van der Waals surface area contributed by atoms with Crippen LogP contribution < -0.4 is 0 Å². The molecule has 5 fully saturated rings. The molecule has 17 heavy (non-hydrogen) atoms. The highest BCUT2D eigenvalue weighted by molar-refractivity contribution is 5.25. The minimum absolute atomic E-state index is 0.00546. The maximum absolute atomic E-state index is 11.1. The summed E-state index contributed by atoms with van der Waals surface area (Å²) in [6.07, 6.45) is 9.09. The normalized spacial score (nSPS) is 65.3. The van der Waals surface area contributed by atoms with Crippen LogP contribution in [0.5, 0.6) is 0 Å². The molecule has 2 nitrogen and oxygen atoms in total. The smallest absolute Gasteiger partial charge is 0.172 e. The minimum Gasteiger partial charge on any atom is -0.365 e. The predicted octanol–water partition coefficient (Wildman–Crippen LogP) is 2.70. The van der Waals surface area contributed by atoms with Gasteiger partial charge in [0.05, 0.1) is 5.60 Å². The number of rotatable bonds is 0. The fraction of sp³-hybridized carbons (Fsp3) is 1.00. The van der Waals surface area contributed by atoms with E-state index in [2.05, 4.69) is 6.92 Å². The standard InChI is InChI=1S/C15H22O2/c1-13-6-5-9-10-3-2-4-11(15(10,16)17-13)12(13)14(9)7-8-14/h9-12,16H,2-8H2,1H3/t9-,10-,11+,12-,13-,15+/m0/s1. The van der Waals surface area contributed by atoms with Crippen LogP contribution in [0.1, 0.15) is 51.9 Å². The van der Waals surface area contributed by atoms with Crippen LogP contribution >= 0.6 is 0 Å². The van der Waals surface area contributed by atoms with Crippen molar-refractivity contribution >= 4 is 0 Å². The van der Waals surface area contributed by atoms with Crippen LogP contribution in [0.4, 0.5) is 0 Å². The Balaban J connectivity index is 1.77. The van der Waals surface area contributed by atoms with Crippen LogP contribution in [0.15, 0.2) is 0 Å². The molecule has 1 aliphatic heterocycles. The first-order valence-electron chi connectivity index (χ1n) is 7.53. The van der Waals surface area contributed by atoms with E-state index in [-0.39, 0.29) is 5.60 Å². The highest BCUT2D eigenvalue weighted by atomic mass is 16.6. The van der Waals surface area contributed by atoms with E-state index in [1.165, 1.54) is 44.9 Å². The van der Waals surface area contributed by atoms with Gasteiger partial charge in [0, 0.05) is 17.8 Å². The summed E-state index contributed by atoms with van der Waals surface area (Å²) in [5.74, 6) is 1.65. The lowest BCUT2D eigenvalue weighted by atomic mass is 9.47. The molecular weight excluding hydrogens is 212 g/mol. The number of ether oxygens (including phenoxy) is 1.